The van der Waals surface area contributed by atoms with Crippen LogP contribution >= 0.6 is 11.8 Å². The molecule has 1 atom stereocenters. The number of hydrogen-bond acceptors (Lipinski definition) is 6. The van der Waals surface area contributed by atoms with Crippen LogP contribution in [0.5, 0.6) is 0 Å². The maximum Gasteiger partial charge on any atom is 0.262 e. The summed E-state index contributed by atoms with van der Waals surface area (Å²) in [6.07, 6.45) is 5.12. The SMILES string of the molecule is Cn1ccnc1C(NC(=O)CSc1nc2ccccc2c(=O)n1Cc1ccco1)c1ccccc1. The Morgan fingerprint density at radius 3 is 2.63 bits per heavy atom. The van der Waals surface area contributed by atoms with Gasteiger partial charge in [0.25, 0.3) is 5.56 Å². The molecule has 0 saturated heterocycles. The average Bonchev–Trinajstić information content (AvgIpc) is 3.55. The number of carbonyl (C=O) groups is 1. The molecule has 1 amide bonds. The van der Waals surface area contributed by atoms with Crippen LogP contribution in [0, 0.1) is 0 Å². The first kappa shape index (κ1) is 22.7. The number of para-hydroxylation sites is 1. The van der Waals surface area contributed by atoms with Gasteiger partial charge < -0.3 is 14.3 Å². The molecule has 176 valence electrons. The number of aryl methyl sites for hydroxylation is 1. The van der Waals surface area contributed by atoms with Gasteiger partial charge in [-0.25, -0.2) is 9.97 Å². The van der Waals surface area contributed by atoms with Gasteiger partial charge in [0, 0.05) is 19.4 Å². The van der Waals surface area contributed by atoms with Gasteiger partial charge in [0.1, 0.15) is 17.6 Å². The summed E-state index contributed by atoms with van der Waals surface area (Å²) in [5.74, 6) is 1.25. The van der Waals surface area contributed by atoms with E-state index in [1.807, 2.05) is 60.3 Å². The van der Waals surface area contributed by atoms with Gasteiger partial charge in [-0.15, -0.1) is 0 Å². The number of rotatable bonds is 8. The van der Waals surface area contributed by atoms with Gasteiger partial charge in [-0.05, 0) is 29.8 Å². The Labute approximate surface area is 205 Å². The van der Waals surface area contributed by atoms with Gasteiger partial charge in [0.05, 0.1) is 29.5 Å². The highest BCUT2D eigenvalue weighted by molar-refractivity contribution is 7.99. The van der Waals surface area contributed by atoms with Crippen LogP contribution in [0.4, 0.5) is 0 Å². The van der Waals surface area contributed by atoms with E-state index in [-0.39, 0.29) is 23.8 Å². The van der Waals surface area contributed by atoms with E-state index >= 15 is 0 Å². The number of imidazole rings is 1. The number of furan rings is 1. The molecule has 35 heavy (non-hydrogen) atoms. The van der Waals surface area contributed by atoms with Crippen molar-refractivity contribution in [1.82, 2.24) is 24.4 Å². The molecule has 0 aliphatic carbocycles. The number of aromatic nitrogens is 4. The monoisotopic (exact) mass is 485 g/mol. The van der Waals surface area contributed by atoms with Crippen molar-refractivity contribution in [3.63, 3.8) is 0 Å². The first-order chi connectivity index (χ1) is 17.1. The molecule has 0 radical (unpaired) electrons. The van der Waals surface area contributed by atoms with E-state index in [1.165, 1.54) is 11.8 Å². The quantitative estimate of drug-likeness (QED) is 0.266. The van der Waals surface area contributed by atoms with Gasteiger partial charge in [-0.1, -0.05) is 54.2 Å². The van der Waals surface area contributed by atoms with Crippen molar-refractivity contribution in [2.45, 2.75) is 17.7 Å². The molecular formula is C26H23N5O3S. The van der Waals surface area contributed by atoms with Crippen LogP contribution in [-0.4, -0.2) is 30.8 Å². The highest BCUT2D eigenvalue weighted by atomic mass is 32.2. The maximum absolute atomic E-state index is 13.2. The fraction of sp³-hybridized carbons (Fsp3) is 0.154. The second-order valence-corrected chi connectivity index (χ2v) is 8.92. The fourth-order valence-electron chi connectivity index (χ4n) is 3.89. The van der Waals surface area contributed by atoms with E-state index in [4.69, 9.17) is 4.42 Å². The number of benzene rings is 2. The lowest BCUT2D eigenvalue weighted by Crippen LogP contribution is -2.32. The first-order valence-corrected chi connectivity index (χ1v) is 12.0. The number of thioether (sulfide) groups is 1. The van der Waals surface area contributed by atoms with Crippen molar-refractivity contribution in [2.24, 2.45) is 7.05 Å². The normalized spacial score (nSPS) is 12.0. The van der Waals surface area contributed by atoms with Crippen LogP contribution in [0.25, 0.3) is 10.9 Å². The maximum atomic E-state index is 13.2. The molecule has 5 rings (SSSR count). The Bertz CT molecular complexity index is 1510. The summed E-state index contributed by atoms with van der Waals surface area (Å²) in [5.41, 5.74) is 1.34. The lowest BCUT2D eigenvalue weighted by Gasteiger charge is -2.19. The number of fused-ring (bicyclic) bond motifs is 1. The van der Waals surface area contributed by atoms with Crippen LogP contribution in [0.2, 0.25) is 0 Å². The lowest BCUT2D eigenvalue weighted by molar-refractivity contribution is -0.119. The minimum Gasteiger partial charge on any atom is -0.467 e. The number of carbonyl (C=O) groups excluding carboxylic acids is 1. The number of nitrogens with one attached hydrogen (secondary N) is 1. The standard InChI is InChI=1S/C26H23N5O3S/c1-30-14-13-27-24(30)23(18-8-3-2-4-9-18)29-22(32)17-35-26-28-21-12-6-5-11-20(21)25(33)31(26)16-19-10-7-15-34-19/h2-15,23H,16-17H2,1H3,(H,29,32). The molecule has 0 bridgehead atoms. The van der Waals surface area contributed by atoms with Crippen molar-refractivity contribution in [2.75, 3.05) is 5.75 Å². The molecule has 0 saturated carbocycles. The zero-order chi connectivity index (χ0) is 24.2. The van der Waals surface area contributed by atoms with Gasteiger partial charge in [-0.3, -0.25) is 14.2 Å². The van der Waals surface area contributed by atoms with Crippen LogP contribution in [0.15, 0.2) is 99.8 Å². The number of hydrogen-bond donors (Lipinski definition) is 1. The summed E-state index contributed by atoms with van der Waals surface area (Å²) in [7, 11) is 1.89. The molecule has 9 heteroatoms. The smallest absolute Gasteiger partial charge is 0.262 e. The van der Waals surface area contributed by atoms with Crippen LogP contribution < -0.4 is 10.9 Å². The largest absolute Gasteiger partial charge is 0.467 e. The first-order valence-electron chi connectivity index (χ1n) is 11.1. The van der Waals surface area contributed by atoms with Gasteiger partial charge >= 0.3 is 0 Å². The second-order valence-electron chi connectivity index (χ2n) is 7.98. The molecule has 0 spiro atoms. The molecule has 1 unspecified atom stereocenters. The molecular weight excluding hydrogens is 462 g/mol. The predicted octanol–water partition coefficient (Wildman–Crippen LogP) is 3.77. The lowest BCUT2D eigenvalue weighted by atomic mass is 10.1. The van der Waals surface area contributed by atoms with E-state index in [9.17, 15) is 9.59 Å². The molecule has 3 aromatic heterocycles. The third kappa shape index (κ3) is 4.90. The zero-order valence-electron chi connectivity index (χ0n) is 19.0. The summed E-state index contributed by atoms with van der Waals surface area (Å²) < 4.78 is 8.89. The van der Waals surface area contributed by atoms with E-state index < -0.39 is 6.04 Å². The number of amides is 1. The van der Waals surface area contributed by atoms with Crippen LogP contribution in [0.3, 0.4) is 0 Å². The minimum absolute atomic E-state index is 0.0801. The molecule has 5 aromatic rings. The summed E-state index contributed by atoms with van der Waals surface area (Å²) in [6, 6.07) is 20.1. The van der Waals surface area contributed by atoms with E-state index in [2.05, 4.69) is 15.3 Å². The summed E-state index contributed by atoms with van der Waals surface area (Å²) >= 11 is 1.22. The van der Waals surface area contributed by atoms with Crippen LogP contribution in [0.1, 0.15) is 23.2 Å². The average molecular weight is 486 g/mol. The Hall–Kier alpha value is -4.11. The molecule has 0 aliphatic rings. The Morgan fingerprint density at radius 2 is 1.89 bits per heavy atom. The van der Waals surface area contributed by atoms with Crippen molar-refractivity contribution in [3.8, 4) is 0 Å². The van der Waals surface area contributed by atoms with E-state index in [0.717, 1.165) is 11.4 Å². The van der Waals surface area contributed by atoms with E-state index in [1.54, 1.807) is 41.3 Å². The van der Waals surface area contributed by atoms with Gasteiger partial charge in [0.2, 0.25) is 5.91 Å². The van der Waals surface area contributed by atoms with Gasteiger partial charge in [-0.2, -0.15) is 0 Å². The Kier molecular flexibility index (Phi) is 6.49. The number of nitrogens with zero attached hydrogens (tertiary/aromatic N) is 4. The van der Waals surface area contributed by atoms with Crippen molar-refractivity contribution < 1.29 is 9.21 Å². The third-order valence-electron chi connectivity index (χ3n) is 5.61. The summed E-state index contributed by atoms with van der Waals surface area (Å²) in [6.45, 7) is 0.230. The van der Waals surface area contributed by atoms with Crippen LogP contribution in [-0.2, 0) is 18.4 Å². The minimum atomic E-state index is -0.404. The summed E-state index contributed by atoms with van der Waals surface area (Å²) in [4.78, 5) is 35.4. The molecule has 0 fully saturated rings. The van der Waals surface area contributed by atoms with Crippen molar-refractivity contribution >= 4 is 28.6 Å². The molecule has 1 N–H and O–H groups in total. The van der Waals surface area contributed by atoms with Gasteiger partial charge in [0.15, 0.2) is 5.16 Å². The molecule has 0 aliphatic heterocycles. The molecule has 8 nitrogen and oxygen atoms in total. The van der Waals surface area contributed by atoms with E-state index in [0.29, 0.717) is 21.8 Å². The zero-order valence-corrected chi connectivity index (χ0v) is 19.8. The molecule has 3 heterocycles. The Morgan fingerprint density at radius 1 is 1.09 bits per heavy atom. The van der Waals surface area contributed by atoms with Crippen molar-refractivity contribution in [3.05, 3.63) is 113 Å². The highest BCUT2D eigenvalue weighted by Gasteiger charge is 2.21. The fourth-order valence-corrected chi connectivity index (χ4v) is 4.70. The predicted molar refractivity (Wildman–Crippen MR) is 134 cm³/mol. The van der Waals surface area contributed by atoms with Crippen molar-refractivity contribution in [1.29, 1.82) is 0 Å². The Balaban J connectivity index is 1.41. The highest BCUT2D eigenvalue weighted by Crippen LogP contribution is 2.22. The summed E-state index contributed by atoms with van der Waals surface area (Å²) in [5, 5.41) is 4.06. The topological polar surface area (TPSA) is 95.0 Å². The second kappa shape index (κ2) is 10.0. The third-order valence-corrected chi connectivity index (χ3v) is 6.58. The molecule has 2 aromatic carbocycles.